The third-order valence-electron chi connectivity index (χ3n) is 3.48. The van der Waals surface area contributed by atoms with E-state index in [-0.39, 0.29) is 18.4 Å². The van der Waals surface area contributed by atoms with Crippen LogP contribution in [0.15, 0.2) is 30.3 Å². The molecule has 108 valence electrons. The van der Waals surface area contributed by atoms with E-state index in [4.69, 9.17) is 5.73 Å². The van der Waals surface area contributed by atoms with Gasteiger partial charge in [-0.05, 0) is 24.8 Å². The Labute approximate surface area is 119 Å². The minimum absolute atomic E-state index is 0.105. The Morgan fingerprint density at radius 1 is 1.35 bits per heavy atom. The molecule has 0 radical (unpaired) electrons. The van der Waals surface area contributed by atoms with Crippen molar-refractivity contribution < 1.29 is 9.59 Å². The number of hydrogen-bond donors (Lipinski definition) is 2. The highest BCUT2D eigenvalue weighted by atomic mass is 16.2. The van der Waals surface area contributed by atoms with Crippen LogP contribution in [-0.4, -0.2) is 42.4 Å². The van der Waals surface area contributed by atoms with Crippen LogP contribution in [0.4, 0.5) is 0 Å². The van der Waals surface area contributed by atoms with Gasteiger partial charge in [0.05, 0.1) is 12.6 Å². The summed E-state index contributed by atoms with van der Waals surface area (Å²) in [4.78, 5) is 25.3. The zero-order valence-corrected chi connectivity index (χ0v) is 11.5. The van der Waals surface area contributed by atoms with Crippen LogP contribution < -0.4 is 11.1 Å². The Kier molecular flexibility index (Phi) is 5.12. The minimum atomic E-state index is -0.541. The summed E-state index contributed by atoms with van der Waals surface area (Å²) in [7, 11) is 0. The third kappa shape index (κ3) is 4.06. The molecule has 1 aliphatic rings. The van der Waals surface area contributed by atoms with Crippen molar-refractivity contribution in [1.29, 1.82) is 0 Å². The first-order chi connectivity index (χ1) is 9.66. The van der Waals surface area contributed by atoms with Crippen molar-refractivity contribution in [3.05, 3.63) is 35.9 Å². The summed E-state index contributed by atoms with van der Waals surface area (Å²) >= 11 is 0. The van der Waals surface area contributed by atoms with E-state index in [1.165, 1.54) is 5.56 Å². The van der Waals surface area contributed by atoms with Gasteiger partial charge >= 0.3 is 0 Å². The zero-order valence-electron chi connectivity index (χ0n) is 11.5. The number of nitrogens with zero attached hydrogens (tertiary/aromatic N) is 1. The molecule has 0 spiro atoms. The lowest BCUT2D eigenvalue weighted by Gasteiger charge is -2.22. The lowest BCUT2D eigenvalue weighted by molar-refractivity contribution is -0.136. The fourth-order valence-corrected chi connectivity index (χ4v) is 2.32. The van der Waals surface area contributed by atoms with Gasteiger partial charge in [-0.2, -0.15) is 0 Å². The normalized spacial score (nSPS) is 17.2. The quantitative estimate of drug-likeness (QED) is 0.829. The van der Waals surface area contributed by atoms with Crippen molar-refractivity contribution in [2.75, 3.05) is 19.6 Å². The Morgan fingerprint density at radius 3 is 2.85 bits per heavy atom. The molecule has 0 aromatic heterocycles. The molecule has 0 saturated carbocycles. The highest BCUT2D eigenvalue weighted by molar-refractivity contribution is 5.87. The molecule has 0 aliphatic carbocycles. The van der Waals surface area contributed by atoms with Crippen molar-refractivity contribution >= 4 is 11.8 Å². The van der Waals surface area contributed by atoms with E-state index in [1.54, 1.807) is 4.90 Å². The molecule has 20 heavy (non-hydrogen) atoms. The number of carbonyl (C=O) groups excluding carboxylic acids is 2. The topological polar surface area (TPSA) is 75.4 Å². The van der Waals surface area contributed by atoms with Crippen LogP contribution in [0, 0.1) is 0 Å². The maximum atomic E-state index is 12.2. The fraction of sp³-hybridized carbons (Fsp3) is 0.467. The molecular formula is C15H21N3O2. The van der Waals surface area contributed by atoms with Crippen molar-refractivity contribution in [2.24, 2.45) is 5.73 Å². The van der Waals surface area contributed by atoms with Gasteiger partial charge in [-0.25, -0.2) is 0 Å². The third-order valence-corrected chi connectivity index (χ3v) is 3.48. The first-order valence-electron chi connectivity index (χ1n) is 7.02. The Bertz CT molecular complexity index is 461. The van der Waals surface area contributed by atoms with Crippen molar-refractivity contribution in [3.8, 4) is 0 Å². The number of carbonyl (C=O) groups is 2. The van der Waals surface area contributed by atoms with Crippen LogP contribution in [0.5, 0.6) is 0 Å². The van der Waals surface area contributed by atoms with Crippen molar-refractivity contribution in [1.82, 2.24) is 10.2 Å². The summed E-state index contributed by atoms with van der Waals surface area (Å²) < 4.78 is 0. The number of amides is 2. The summed E-state index contributed by atoms with van der Waals surface area (Å²) in [6.45, 7) is 1.34. The fourth-order valence-electron chi connectivity index (χ4n) is 2.32. The molecule has 1 fully saturated rings. The molecule has 3 N–H and O–H groups in total. The maximum absolute atomic E-state index is 12.2. The van der Waals surface area contributed by atoms with Gasteiger partial charge in [-0.1, -0.05) is 30.3 Å². The van der Waals surface area contributed by atoms with Gasteiger partial charge in [0.2, 0.25) is 11.8 Å². The van der Waals surface area contributed by atoms with E-state index in [2.05, 4.69) is 5.32 Å². The molecule has 1 saturated heterocycles. The van der Waals surface area contributed by atoms with Gasteiger partial charge in [-0.3, -0.25) is 9.59 Å². The number of benzene rings is 1. The molecule has 0 bridgehead atoms. The van der Waals surface area contributed by atoms with Gasteiger partial charge in [0.1, 0.15) is 0 Å². The monoisotopic (exact) mass is 275 g/mol. The molecule has 2 amide bonds. The summed E-state index contributed by atoms with van der Waals surface area (Å²) in [5.41, 5.74) is 7.14. The van der Waals surface area contributed by atoms with E-state index in [0.29, 0.717) is 19.5 Å². The first kappa shape index (κ1) is 14.5. The molecule has 1 atom stereocenters. The van der Waals surface area contributed by atoms with Crippen molar-refractivity contribution in [2.45, 2.75) is 25.3 Å². The van der Waals surface area contributed by atoms with E-state index >= 15 is 0 Å². The van der Waals surface area contributed by atoms with Crippen LogP contribution >= 0.6 is 0 Å². The molecule has 5 nitrogen and oxygen atoms in total. The van der Waals surface area contributed by atoms with E-state index in [9.17, 15) is 9.59 Å². The Hall–Kier alpha value is -1.88. The number of hydrogen-bond acceptors (Lipinski definition) is 3. The average Bonchev–Trinajstić information content (AvgIpc) is 2.69. The summed E-state index contributed by atoms with van der Waals surface area (Å²) in [5.74, 6) is -0.232. The zero-order chi connectivity index (χ0) is 14.4. The smallest absolute Gasteiger partial charge is 0.239 e. The van der Waals surface area contributed by atoms with Crippen LogP contribution in [0.1, 0.15) is 18.4 Å². The second-order valence-corrected chi connectivity index (χ2v) is 5.09. The lowest BCUT2D eigenvalue weighted by atomic mass is 10.0. The molecule has 5 heteroatoms. The molecule has 0 unspecified atom stereocenters. The number of rotatable bonds is 4. The second-order valence-electron chi connectivity index (χ2n) is 5.09. The standard InChI is InChI=1S/C15H21N3O2/c16-13(8-7-12-5-2-1-3-6-12)15(20)18-10-4-9-17-14(19)11-18/h1-3,5-6,13H,4,7-11,16H2,(H,17,19)/t13-/m0/s1. The average molecular weight is 275 g/mol. The van der Waals surface area contributed by atoms with Gasteiger partial charge in [-0.15, -0.1) is 0 Å². The summed E-state index contributed by atoms with van der Waals surface area (Å²) in [5, 5.41) is 2.75. The van der Waals surface area contributed by atoms with Gasteiger partial charge in [0, 0.05) is 13.1 Å². The van der Waals surface area contributed by atoms with Crippen LogP contribution in [-0.2, 0) is 16.0 Å². The summed E-state index contributed by atoms with van der Waals surface area (Å²) in [6, 6.07) is 9.42. The van der Waals surface area contributed by atoms with Gasteiger partial charge in [0.15, 0.2) is 0 Å². The lowest BCUT2D eigenvalue weighted by Crippen LogP contribution is -2.46. The molecular weight excluding hydrogens is 254 g/mol. The largest absolute Gasteiger partial charge is 0.354 e. The van der Waals surface area contributed by atoms with Crippen LogP contribution in [0.3, 0.4) is 0 Å². The second kappa shape index (κ2) is 7.05. The number of nitrogens with one attached hydrogen (secondary N) is 1. The van der Waals surface area contributed by atoms with Crippen LogP contribution in [0.25, 0.3) is 0 Å². The molecule has 1 aromatic rings. The molecule has 1 aromatic carbocycles. The predicted molar refractivity (Wildman–Crippen MR) is 76.9 cm³/mol. The van der Waals surface area contributed by atoms with E-state index in [0.717, 1.165) is 12.8 Å². The Balaban J connectivity index is 1.86. The van der Waals surface area contributed by atoms with E-state index < -0.39 is 6.04 Å². The predicted octanol–water partition coefficient (Wildman–Crippen LogP) is 0.295. The summed E-state index contributed by atoms with van der Waals surface area (Å²) in [6.07, 6.45) is 2.15. The van der Waals surface area contributed by atoms with E-state index in [1.807, 2.05) is 30.3 Å². The van der Waals surface area contributed by atoms with Gasteiger partial charge in [0.25, 0.3) is 0 Å². The first-order valence-corrected chi connectivity index (χ1v) is 7.02. The van der Waals surface area contributed by atoms with Crippen molar-refractivity contribution in [3.63, 3.8) is 0 Å². The number of nitrogens with two attached hydrogens (primary N) is 1. The minimum Gasteiger partial charge on any atom is -0.354 e. The maximum Gasteiger partial charge on any atom is 0.239 e. The Morgan fingerprint density at radius 2 is 2.10 bits per heavy atom. The molecule has 2 rings (SSSR count). The SMILES string of the molecule is N[C@@H](CCc1ccccc1)C(=O)N1CCCNC(=O)C1. The van der Waals surface area contributed by atoms with Crippen LogP contribution in [0.2, 0.25) is 0 Å². The highest BCUT2D eigenvalue weighted by Gasteiger charge is 2.24. The molecule has 1 aliphatic heterocycles. The van der Waals surface area contributed by atoms with Gasteiger partial charge < -0.3 is 16.0 Å². The number of aryl methyl sites for hydroxylation is 1. The molecule has 1 heterocycles. The highest BCUT2D eigenvalue weighted by Crippen LogP contribution is 2.07.